The molecule has 0 spiro atoms. The predicted molar refractivity (Wildman–Crippen MR) is 64.5 cm³/mol. The zero-order valence-electron chi connectivity index (χ0n) is 9.67. The molecule has 2 nitrogen and oxygen atoms in total. The molecule has 0 fully saturated rings. The first-order chi connectivity index (χ1) is 7.16. The summed E-state index contributed by atoms with van der Waals surface area (Å²) < 4.78 is 0. The summed E-state index contributed by atoms with van der Waals surface area (Å²) in [5.74, 6) is 1.14. The van der Waals surface area contributed by atoms with Crippen LogP contribution in [0.15, 0.2) is 23.2 Å². The molecule has 2 rings (SSSR count). The molecule has 1 aliphatic rings. The quantitative estimate of drug-likeness (QED) is 0.781. The highest BCUT2D eigenvalue weighted by atomic mass is 15.1. The van der Waals surface area contributed by atoms with Crippen molar-refractivity contribution in [2.45, 2.75) is 33.2 Å². The molecule has 1 heterocycles. The first kappa shape index (κ1) is 10.2. The fourth-order valence-electron chi connectivity index (χ4n) is 2.03. The minimum Gasteiger partial charge on any atom is -0.369 e. The second kappa shape index (κ2) is 4.05. The van der Waals surface area contributed by atoms with Crippen molar-refractivity contribution >= 4 is 5.84 Å². The molecular weight excluding hydrogens is 184 g/mol. The lowest BCUT2D eigenvalue weighted by Crippen LogP contribution is -2.28. The van der Waals surface area contributed by atoms with Crippen LogP contribution in [0.2, 0.25) is 0 Å². The average molecular weight is 202 g/mol. The molecule has 1 atom stereocenters. The van der Waals surface area contributed by atoms with Gasteiger partial charge in [-0.2, -0.15) is 0 Å². The van der Waals surface area contributed by atoms with E-state index in [0.29, 0.717) is 6.04 Å². The first-order valence-corrected chi connectivity index (χ1v) is 5.52. The second-order valence-electron chi connectivity index (χ2n) is 4.38. The van der Waals surface area contributed by atoms with Gasteiger partial charge in [0.05, 0.1) is 6.54 Å². The summed E-state index contributed by atoms with van der Waals surface area (Å²) >= 11 is 0. The third kappa shape index (κ3) is 2.20. The molecule has 0 radical (unpaired) electrons. The van der Waals surface area contributed by atoms with Gasteiger partial charge in [0.1, 0.15) is 5.84 Å². The molecule has 1 aromatic rings. The van der Waals surface area contributed by atoms with Crippen molar-refractivity contribution in [2.24, 2.45) is 4.99 Å². The third-order valence-corrected chi connectivity index (χ3v) is 2.96. The van der Waals surface area contributed by atoms with E-state index in [4.69, 9.17) is 0 Å². The number of aryl methyl sites for hydroxylation is 2. The molecule has 1 aliphatic heterocycles. The van der Waals surface area contributed by atoms with Crippen molar-refractivity contribution in [1.82, 2.24) is 5.32 Å². The third-order valence-electron chi connectivity index (χ3n) is 2.96. The van der Waals surface area contributed by atoms with Crippen LogP contribution in [0.3, 0.4) is 0 Å². The number of rotatable bonds is 2. The van der Waals surface area contributed by atoms with Crippen molar-refractivity contribution in [3.8, 4) is 0 Å². The number of amidine groups is 1. The summed E-state index contributed by atoms with van der Waals surface area (Å²) in [6.07, 6.45) is 0.947. The number of hydrogen-bond acceptors (Lipinski definition) is 2. The number of hydrogen-bond donors (Lipinski definition) is 1. The van der Waals surface area contributed by atoms with E-state index in [9.17, 15) is 0 Å². The number of nitrogens with one attached hydrogen (secondary N) is 1. The number of nitrogens with zero attached hydrogens (tertiary/aromatic N) is 1. The molecule has 0 amide bonds. The molecular formula is C13H18N2. The normalized spacial score (nSPS) is 19.9. The molecule has 2 heteroatoms. The summed E-state index contributed by atoms with van der Waals surface area (Å²) in [5.41, 5.74) is 4.14. The summed E-state index contributed by atoms with van der Waals surface area (Å²) in [7, 11) is 0. The van der Waals surface area contributed by atoms with Crippen LogP contribution in [-0.4, -0.2) is 18.4 Å². The highest BCUT2D eigenvalue weighted by Crippen LogP contribution is 2.15. The van der Waals surface area contributed by atoms with E-state index < -0.39 is 0 Å². The van der Waals surface area contributed by atoms with E-state index in [-0.39, 0.29) is 0 Å². The van der Waals surface area contributed by atoms with Gasteiger partial charge in [-0.3, -0.25) is 4.99 Å². The highest BCUT2D eigenvalue weighted by molar-refractivity contribution is 5.86. The van der Waals surface area contributed by atoms with Gasteiger partial charge in [0.15, 0.2) is 0 Å². The monoisotopic (exact) mass is 202 g/mol. The van der Waals surface area contributed by atoms with Gasteiger partial charge >= 0.3 is 0 Å². The van der Waals surface area contributed by atoms with Crippen LogP contribution in [0.1, 0.15) is 23.6 Å². The van der Waals surface area contributed by atoms with Crippen LogP contribution in [-0.2, 0) is 6.42 Å². The fourth-order valence-corrected chi connectivity index (χ4v) is 2.03. The van der Waals surface area contributed by atoms with Crippen molar-refractivity contribution < 1.29 is 0 Å². The van der Waals surface area contributed by atoms with Crippen LogP contribution in [0.25, 0.3) is 0 Å². The molecule has 15 heavy (non-hydrogen) atoms. The van der Waals surface area contributed by atoms with E-state index in [1.54, 1.807) is 0 Å². The summed E-state index contributed by atoms with van der Waals surface area (Å²) in [4.78, 5) is 4.50. The molecule has 0 aliphatic carbocycles. The van der Waals surface area contributed by atoms with Crippen molar-refractivity contribution in [3.05, 3.63) is 34.9 Å². The average Bonchev–Trinajstić information content (AvgIpc) is 2.58. The van der Waals surface area contributed by atoms with E-state index in [2.05, 4.69) is 49.3 Å². The van der Waals surface area contributed by atoms with Crippen molar-refractivity contribution in [1.29, 1.82) is 0 Å². The molecule has 1 aromatic carbocycles. The summed E-state index contributed by atoms with van der Waals surface area (Å²) in [6.45, 7) is 7.42. The van der Waals surface area contributed by atoms with Crippen LogP contribution in [0.5, 0.6) is 0 Å². The zero-order chi connectivity index (χ0) is 10.8. The topological polar surface area (TPSA) is 24.4 Å². The Morgan fingerprint density at radius 1 is 1.33 bits per heavy atom. The van der Waals surface area contributed by atoms with E-state index in [1.807, 2.05) is 0 Å². The molecule has 80 valence electrons. The minimum absolute atomic E-state index is 0.504. The Morgan fingerprint density at radius 3 is 2.53 bits per heavy atom. The van der Waals surface area contributed by atoms with Crippen LogP contribution >= 0.6 is 0 Å². The molecule has 0 saturated heterocycles. The predicted octanol–water partition coefficient (Wildman–Crippen LogP) is 2.24. The van der Waals surface area contributed by atoms with Gasteiger partial charge in [-0.25, -0.2) is 0 Å². The SMILES string of the molecule is Cc1cccc(C)c1CC1=NCC(C)N1. The Labute approximate surface area is 91.4 Å². The van der Waals surface area contributed by atoms with Gasteiger partial charge in [-0.1, -0.05) is 18.2 Å². The van der Waals surface area contributed by atoms with Gasteiger partial charge in [0.25, 0.3) is 0 Å². The Balaban J connectivity index is 2.18. The van der Waals surface area contributed by atoms with Gasteiger partial charge in [0.2, 0.25) is 0 Å². The fraction of sp³-hybridized carbons (Fsp3) is 0.462. The minimum atomic E-state index is 0.504. The van der Waals surface area contributed by atoms with Crippen molar-refractivity contribution in [3.63, 3.8) is 0 Å². The Kier molecular flexibility index (Phi) is 2.76. The standard InChI is InChI=1S/C13H18N2/c1-9-5-4-6-10(2)12(9)7-13-14-8-11(3)15-13/h4-6,11H,7-8H2,1-3H3,(H,14,15). The molecule has 0 bridgehead atoms. The molecule has 1 N–H and O–H groups in total. The van der Waals surface area contributed by atoms with Crippen LogP contribution in [0.4, 0.5) is 0 Å². The number of benzene rings is 1. The smallest absolute Gasteiger partial charge is 0.101 e. The van der Waals surface area contributed by atoms with Crippen LogP contribution in [0, 0.1) is 13.8 Å². The van der Waals surface area contributed by atoms with Crippen molar-refractivity contribution in [2.75, 3.05) is 6.54 Å². The van der Waals surface area contributed by atoms with E-state index in [1.165, 1.54) is 16.7 Å². The lowest BCUT2D eigenvalue weighted by Gasteiger charge is -2.11. The molecule has 0 aromatic heterocycles. The van der Waals surface area contributed by atoms with Gasteiger partial charge < -0.3 is 5.32 Å². The zero-order valence-corrected chi connectivity index (χ0v) is 9.67. The Hall–Kier alpha value is -1.31. The van der Waals surface area contributed by atoms with E-state index >= 15 is 0 Å². The largest absolute Gasteiger partial charge is 0.369 e. The second-order valence-corrected chi connectivity index (χ2v) is 4.38. The lowest BCUT2D eigenvalue weighted by molar-refractivity contribution is 0.723. The van der Waals surface area contributed by atoms with E-state index in [0.717, 1.165) is 18.8 Å². The van der Waals surface area contributed by atoms with Crippen LogP contribution < -0.4 is 5.32 Å². The summed E-state index contributed by atoms with van der Waals surface area (Å²) in [6, 6.07) is 6.95. The maximum absolute atomic E-state index is 4.50. The summed E-state index contributed by atoms with van der Waals surface area (Å²) in [5, 5.41) is 3.41. The molecule has 0 saturated carbocycles. The van der Waals surface area contributed by atoms with Gasteiger partial charge in [-0.05, 0) is 37.5 Å². The first-order valence-electron chi connectivity index (χ1n) is 5.52. The Bertz CT molecular complexity index is 373. The maximum atomic E-state index is 4.50. The van der Waals surface area contributed by atoms with Gasteiger partial charge in [0, 0.05) is 12.5 Å². The Morgan fingerprint density at radius 2 is 2.00 bits per heavy atom. The molecule has 1 unspecified atom stereocenters. The maximum Gasteiger partial charge on any atom is 0.101 e. The van der Waals surface area contributed by atoms with Gasteiger partial charge in [-0.15, -0.1) is 0 Å². The lowest BCUT2D eigenvalue weighted by atomic mass is 10.00. The highest BCUT2D eigenvalue weighted by Gasteiger charge is 2.14. The number of aliphatic imine (C=N–C) groups is 1.